The molecule has 0 aliphatic rings. The van der Waals surface area contributed by atoms with E-state index < -0.39 is 65.8 Å². The van der Waals surface area contributed by atoms with Crippen LogP contribution in [0.1, 0.15) is 56.9 Å². The van der Waals surface area contributed by atoms with Crippen molar-refractivity contribution in [2.45, 2.75) is 89.5 Å². The van der Waals surface area contributed by atoms with Crippen LogP contribution in [0.5, 0.6) is 0 Å². The first-order chi connectivity index (χ1) is 29.2. The van der Waals surface area contributed by atoms with Gasteiger partial charge >= 0.3 is 6.03 Å². The SMILES string of the molecule is CC(C)CN(NC(=O)[C@H](Cc1c[nH]c2ccccc12)NC(=O)[C@@H](N)Cc1cnc[nH]1)C(=O)N[C@@H](Cc1c[nH]c2ccccc12)C(=O)N[C@@H](C)C(=O)N[C@@H](CCCCN)C(N)=O. The maximum absolute atomic E-state index is 14.3. The number of benzene rings is 2. The Morgan fingerprint density at radius 2 is 1.30 bits per heavy atom. The first kappa shape index (κ1) is 45.4. The highest BCUT2D eigenvalue weighted by atomic mass is 16.2. The number of carbonyl (C=O) groups is 6. The number of hydrazine groups is 1. The number of unbranched alkanes of at least 4 members (excludes halogenated alkanes) is 1. The Kier molecular flexibility index (Phi) is 16.0. The summed E-state index contributed by atoms with van der Waals surface area (Å²) in [4.78, 5) is 94.6. The lowest BCUT2D eigenvalue weighted by atomic mass is 10.0. The fourth-order valence-electron chi connectivity index (χ4n) is 6.90. The minimum absolute atomic E-state index is 0.00411. The standard InChI is InChI=1S/C42H57N13O6/c1-24(2)22-55(54-41(60)36(17-27-20-48-33-13-7-5-11-30(27)33)52-39(58)31(44)18-28-21-46-23-49-28)42(61)53-35(16-26-19-47-32-12-6-4-10-29(26)32)40(59)50-25(3)38(57)51-34(37(45)56)14-8-9-15-43/h4-7,10-13,19-21,23-25,31,34-36,47-48H,8-9,14-18,22,43-44H2,1-3H3,(H2,45,56)(H,46,49)(H,50,59)(H,51,57)(H,52,58)(H,53,61)(H,54,60)/t25-,31-,34-,35-,36-/m0/s1. The number of nitrogens with two attached hydrogens (primary N) is 3. The third kappa shape index (κ3) is 12.6. The number of aromatic nitrogens is 4. The van der Waals surface area contributed by atoms with Gasteiger partial charge in [-0.15, -0.1) is 0 Å². The molecule has 5 rings (SSSR count). The van der Waals surface area contributed by atoms with Gasteiger partial charge in [-0.3, -0.25) is 29.4 Å². The van der Waals surface area contributed by atoms with Crippen molar-refractivity contribution in [1.82, 2.24) is 51.6 Å². The van der Waals surface area contributed by atoms with Gasteiger partial charge in [-0.25, -0.2) is 14.8 Å². The fraction of sp³-hybridized carbons (Fsp3) is 0.405. The van der Waals surface area contributed by atoms with Crippen molar-refractivity contribution >= 4 is 57.4 Å². The molecule has 7 amide bonds. The number of H-pyrrole nitrogens is 3. The number of primary amides is 1. The van der Waals surface area contributed by atoms with E-state index in [2.05, 4.69) is 46.6 Å². The van der Waals surface area contributed by atoms with Gasteiger partial charge in [0.2, 0.25) is 23.6 Å². The number of urea groups is 1. The predicted molar refractivity (Wildman–Crippen MR) is 230 cm³/mol. The Balaban J connectivity index is 1.37. The molecule has 0 saturated carbocycles. The molecule has 0 saturated heterocycles. The highest BCUT2D eigenvalue weighted by Gasteiger charge is 2.32. The lowest BCUT2D eigenvalue weighted by Crippen LogP contribution is -2.61. The number of hydrogen-bond donors (Lipinski definition) is 11. The van der Waals surface area contributed by atoms with Crippen molar-refractivity contribution in [3.8, 4) is 0 Å². The summed E-state index contributed by atoms with van der Waals surface area (Å²) >= 11 is 0. The highest BCUT2D eigenvalue weighted by molar-refractivity contribution is 5.95. The number of rotatable bonds is 21. The summed E-state index contributed by atoms with van der Waals surface area (Å²) in [7, 11) is 0. The Morgan fingerprint density at radius 3 is 1.85 bits per heavy atom. The average Bonchev–Trinajstić information content (AvgIpc) is 4.00. The molecule has 5 atom stereocenters. The van der Waals surface area contributed by atoms with Crippen molar-refractivity contribution in [3.63, 3.8) is 0 Å². The zero-order valence-corrected chi connectivity index (χ0v) is 34.6. The largest absolute Gasteiger partial charge is 0.368 e. The highest BCUT2D eigenvalue weighted by Crippen LogP contribution is 2.21. The molecule has 0 bridgehead atoms. The zero-order chi connectivity index (χ0) is 44.1. The Hall–Kier alpha value is -6.73. The summed E-state index contributed by atoms with van der Waals surface area (Å²) in [5.41, 5.74) is 23.8. The number of nitrogens with zero attached hydrogens (tertiary/aromatic N) is 2. The van der Waals surface area contributed by atoms with Crippen LogP contribution in [-0.4, -0.2) is 104 Å². The van der Waals surface area contributed by atoms with Gasteiger partial charge in [-0.2, -0.15) is 0 Å². The van der Waals surface area contributed by atoms with Crippen LogP contribution in [0.4, 0.5) is 4.79 Å². The molecule has 0 aliphatic carbocycles. The van der Waals surface area contributed by atoms with Gasteiger partial charge in [-0.1, -0.05) is 50.2 Å². The lowest BCUT2D eigenvalue weighted by molar-refractivity contribution is -0.132. The van der Waals surface area contributed by atoms with E-state index in [1.807, 2.05) is 62.4 Å². The van der Waals surface area contributed by atoms with E-state index in [0.29, 0.717) is 30.6 Å². The first-order valence-electron chi connectivity index (χ1n) is 20.4. The summed E-state index contributed by atoms with van der Waals surface area (Å²) in [5, 5.41) is 13.5. The Labute approximate surface area is 353 Å². The van der Waals surface area contributed by atoms with E-state index in [0.717, 1.165) is 32.4 Å². The van der Waals surface area contributed by atoms with E-state index in [-0.39, 0.29) is 38.1 Å². The van der Waals surface area contributed by atoms with Crippen LogP contribution in [0.25, 0.3) is 21.8 Å². The molecule has 3 aromatic heterocycles. The molecular formula is C42H57N13O6. The molecule has 14 N–H and O–H groups in total. The third-order valence-electron chi connectivity index (χ3n) is 10.2. The predicted octanol–water partition coefficient (Wildman–Crippen LogP) is 0.884. The number of amides is 7. The topological polar surface area (TPSA) is 304 Å². The second-order valence-electron chi connectivity index (χ2n) is 15.5. The fourth-order valence-corrected chi connectivity index (χ4v) is 6.90. The average molecular weight is 840 g/mol. The van der Waals surface area contributed by atoms with Gasteiger partial charge < -0.3 is 53.4 Å². The molecule has 0 aliphatic heterocycles. The number of nitrogens with one attached hydrogen (secondary N) is 8. The number of aromatic amines is 3. The van der Waals surface area contributed by atoms with Gasteiger partial charge in [0.1, 0.15) is 24.2 Å². The quantitative estimate of drug-likeness (QED) is 0.0369. The Bertz CT molecular complexity index is 2270. The number of hydrogen-bond acceptors (Lipinski definition) is 9. The van der Waals surface area contributed by atoms with E-state index in [4.69, 9.17) is 17.2 Å². The summed E-state index contributed by atoms with van der Waals surface area (Å²) in [6.45, 7) is 5.57. The number of imidazole rings is 1. The van der Waals surface area contributed by atoms with Crippen LogP contribution in [0.2, 0.25) is 0 Å². The molecule has 3 heterocycles. The minimum Gasteiger partial charge on any atom is -0.368 e. The van der Waals surface area contributed by atoms with Crippen LogP contribution >= 0.6 is 0 Å². The molecule has 0 radical (unpaired) electrons. The molecule has 2 aromatic carbocycles. The van der Waals surface area contributed by atoms with Crippen molar-refractivity contribution in [3.05, 3.63) is 90.3 Å². The molecule has 326 valence electrons. The van der Waals surface area contributed by atoms with Crippen LogP contribution in [-0.2, 0) is 43.2 Å². The monoisotopic (exact) mass is 839 g/mol. The smallest absolute Gasteiger partial charge is 0.336 e. The summed E-state index contributed by atoms with van der Waals surface area (Å²) < 4.78 is 0. The van der Waals surface area contributed by atoms with E-state index >= 15 is 0 Å². The van der Waals surface area contributed by atoms with E-state index in [9.17, 15) is 28.8 Å². The van der Waals surface area contributed by atoms with Crippen LogP contribution in [0, 0.1) is 5.92 Å². The normalized spacial score (nSPS) is 13.8. The van der Waals surface area contributed by atoms with Crippen LogP contribution < -0.4 is 43.9 Å². The Morgan fingerprint density at radius 1 is 0.705 bits per heavy atom. The molecular weight excluding hydrogens is 783 g/mol. The van der Waals surface area contributed by atoms with Crippen molar-refractivity contribution in [2.24, 2.45) is 23.1 Å². The van der Waals surface area contributed by atoms with Crippen molar-refractivity contribution < 1.29 is 28.8 Å². The number of fused-ring (bicyclic) bond motifs is 2. The molecule has 0 fully saturated rings. The van der Waals surface area contributed by atoms with Crippen molar-refractivity contribution in [1.29, 1.82) is 0 Å². The maximum atomic E-state index is 14.3. The molecule has 5 aromatic rings. The molecule has 61 heavy (non-hydrogen) atoms. The maximum Gasteiger partial charge on any atom is 0.336 e. The third-order valence-corrected chi connectivity index (χ3v) is 10.2. The second-order valence-corrected chi connectivity index (χ2v) is 15.5. The summed E-state index contributed by atoms with van der Waals surface area (Å²) in [5.74, 6) is -3.54. The number of carbonyl (C=O) groups excluding carboxylic acids is 6. The molecule has 0 unspecified atom stereocenters. The van der Waals surface area contributed by atoms with Gasteiger partial charge in [0.25, 0.3) is 5.91 Å². The minimum atomic E-state index is -1.26. The van der Waals surface area contributed by atoms with E-state index in [1.165, 1.54) is 13.3 Å². The summed E-state index contributed by atoms with van der Waals surface area (Å²) in [6.07, 6.45) is 8.16. The van der Waals surface area contributed by atoms with Gasteiger partial charge in [-0.05, 0) is 61.9 Å². The van der Waals surface area contributed by atoms with Gasteiger partial charge in [0.15, 0.2) is 0 Å². The second kappa shape index (κ2) is 21.5. The first-order valence-corrected chi connectivity index (χ1v) is 20.4. The van der Waals surface area contributed by atoms with Gasteiger partial charge in [0.05, 0.1) is 12.4 Å². The zero-order valence-electron chi connectivity index (χ0n) is 34.6. The summed E-state index contributed by atoms with van der Waals surface area (Å²) in [6, 6.07) is 8.57. The lowest BCUT2D eigenvalue weighted by Gasteiger charge is -2.30. The molecule has 19 nitrogen and oxygen atoms in total. The van der Waals surface area contributed by atoms with Crippen LogP contribution in [0.3, 0.4) is 0 Å². The number of para-hydroxylation sites is 2. The van der Waals surface area contributed by atoms with Crippen LogP contribution in [0.15, 0.2) is 73.4 Å². The van der Waals surface area contributed by atoms with Crippen molar-refractivity contribution in [2.75, 3.05) is 13.1 Å². The molecule has 0 spiro atoms. The van der Waals surface area contributed by atoms with E-state index in [1.54, 1.807) is 18.6 Å². The molecule has 19 heteroatoms. The van der Waals surface area contributed by atoms with Gasteiger partial charge in [0, 0.05) is 71.9 Å².